The molecule has 4 aromatic rings. The smallest absolute Gasteiger partial charge is 0.343 e. The van der Waals surface area contributed by atoms with Gasteiger partial charge in [0, 0.05) is 22.7 Å². The van der Waals surface area contributed by atoms with Crippen LogP contribution in [0.4, 0.5) is 0 Å². The maximum atomic E-state index is 13.5. The number of fused-ring (bicyclic) bond motifs is 5. The van der Waals surface area contributed by atoms with E-state index in [2.05, 4.69) is 0 Å². The van der Waals surface area contributed by atoms with Crippen LogP contribution in [0.2, 0.25) is 0 Å². The minimum absolute atomic E-state index is 0.0809. The number of aliphatic hydroxyl groups is 1. The van der Waals surface area contributed by atoms with Crippen LogP contribution in [0.15, 0.2) is 59.4 Å². The lowest BCUT2D eigenvalue weighted by Crippen LogP contribution is -2.44. The number of carbonyl (C=O) groups is 1. The molecule has 2 aliphatic heterocycles. The molecule has 0 saturated heterocycles. The molecule has 2 aromatic carbocycles. The van der Waals surface area contributed by atoms with Crippen molar-refractivity contribution in [3.63, 3.8) is 0 Å². The summed E-state index contributed by atoms with van der Waals surface area (Å²) in [5, 5.41) is 19.5. The maximum Gasteiger partial charge on any atom is 0.343 e. The largest absolute Gasteiger partial charge is 0.488 e. The number of pyridine rings is 2. The van der Waals surface area contributed by atoms with E-state index in [1.54, 1.807) is 23.6 Å². The fourth-order valence-corrected chi connectivity index (χ4v) is 5.04. The molecule has 0 amide bonds. The van der Waals surface area contributed by atoms with Crippen LogP contribution in [-0.4, -0.2) is 26.8 Å². The molecular formula is C28H23N3O5. The van der Waals surface area contributed by atoms with Crippen molar-refractivity contribution in [2.75, 3.05) is 0 Å². The van der Waals surface area contributed by atoms with E-state index in [4.69, 9.17) is 19.9 Å². The standard InChI is InChI=1S/C28H23N3O5/c1-2-28(34)21-11-23-24-19(13-31(23)26(32)20(21)15-36-27(28)33)25(35-14-16-6-4-3-5-7-16)18-10-17(12-29)8-9-22(18)30-24/h3-12,29,34H,2,13-15H2,1H3. The Morgan fingerprint density at radius 2 is 1.97 bits per heavy atom. The summed E-state index contributed by atoms with van der Waals surface area (Å²) in [5.41, 5.74) is 2.55. The lowest BCUT2D eigenvalue weighted by Gasteiger charge is -2.31. The van der Waals surface area contributed by atoms with Crippen molar-refractivity contribution in [3.05, 3.63) is 92.8 Å². The highest BCUT2D eigenvalue weighted by Gasteiger charge is 2.45. The molecule has 0 fully saturated rings. The maximum absolute atomic E-state index is 13.5. The minimum atomic E-state index is -1.88. The predicted molar refractivity (Wildman–Crippen MR) is 133 cm³/mol. The van der Waals surface area contributed by atoms with Crippen molar-refractivity contribution in [1.29, 1.82) is 5.41 Å². The van der Waals surface area contributed by atoms with E-state index in [-0.39, 0.29) is 36.3 Å². The van der Waals surface area contributed by atoms with Crippen molar-refractivity contribution < 1.29 is 19.4 Å². The number of benzene rings is 2. The van der Waals surface area contributed by atoms with Gasteiger partial charge in [0.15, 0.2) is 5.60 Å². The number of carbonyl (C=O) groups excluding carboxylic acids is 1. The van der Waals surface area contributed by atoms with Gasteiger partial charge in [-0.15, -0.1) is 0 Å². The predicted octanol–water partition coefficient (Wildman–Crippen LogP) is 3.66. The highest BCUT2D eigenvalue weighted by Crippen LogP contribution is 2.43. The van der Waals surface area contributed by atoms with Gasteiger partial charge in [-0.2, -0.15) is 0 Å². The van der Waals surface area contributed by atoms with Crippen molar-refractivity contribution in [2.45, 2.75) is 38.7 Å². The zero-order valence-corrected chi connectivity index (χ0v) is 19.6. The van der Waals surface area contributed by atoms with E-state index in [1.807, 2.05) is 42.5 Å². The molecule has 2 aliphatic rings. The topological polar surface area (TPSA) is 115 Å². The number of nitrogens with one attached hydrogen (secondary N) is 1. The molecule has 8 heteroatoms. The Labute approximate surface area is 206 Å². The average molecular weight is 482 g/mol. The van der Waals surface area contributed by atoms with Gasteiger partial charge in [0.05, 0.1) is 29.0 Å². The Morgan fingerprint density at radius 1 is 1.17 bits per heavy atom. The fourth-order valence-electron chi connectivity index (χ4n) is 5.04. The quantitative estimate of drug-likeness (QED) is 0.293. The molecule has 36 heavy (non-hydrogen) atoms. The van der Waals surface area contributed by atoms with E-state index in [1.165, 1.54) is 6.21 Å². The Kier molecular flexibility index (Phi) is 5.01. The van der Waals surface area contributed by atoms with E-state index < -0.39 is 11.6 Å². The second-order valence-electron chi connectivity index (χ2n) is 9.07. The van der Waals surface area contributed by atoms with Crippen LogP contribution in [-0.2, 0) is 34.9 Å². The normalized spacial score (nSPS) is 17.8. The lowest BCUT2D eigenvalue weighted by molar-refractivity contribution is -0.172. The van der Waals surface area contributed by atoms with Gasteiger partial charge in [0.25, 0.3) is 5.56 Å². The van der Waals surface area contributed by atoms with Crippen LogP contribution in [0.5, 0.6) is 5.75 Å². The van der Waals surface area contributed by atoms with Crippen LogP contribution in [0.3, 0.4) is 0 Å². The molecule has 0 aliphatic carbocycles. The summed E-state index contributed by atoms with van der Waals surface area (Å²) in [6, 6.07) is 17.0. The number of cyclic esters (lactones) is 1. The van der Waals surface area contributed by atoms with Gasteiger partial charge in [-0.25, -0.2) is 9.78 Å². The highest BCUT2D eigenvalue weighted by atomic mass is 16.6. The van der Waals surface area contributed by atoms with Crippen molar-refractivity contribution >= 4 is 23.1 Å². The van der Waals surface area contributed by atoms with Crippen LogP contribution in [0.1, 0.15) is 41.2 Å². The van der Waals surface area contributed by atoms with E-state index in [0.717, 1.165) is 16.5 Å². The zero-order chi connectivity index (χ0) is 25.0. The summed E-state index contributed by atoms with van der Waals surface area (Å²) in [5.74, 6) is -0.153. The van der Waals surface area contributed by atoms with Gasteiger partial charge >= 0.3 is 5.97 Å². The number of ether oxygens (including phenoxy) is 2. The first kappa shape index (κ1) is 22.2. The number of hydrogen-bond donors (Lipinski definition) is 2. The van der Waals surface area contributed by atoms with E-state index in [9.17, 15) is 14.7 Å². The van der Waals surface area contributed by atoms with Gasteiger partial charge < -0.3 is 24.6 Å². The van der Waals surface area contributed by atoms with Gasteiger partial charge in [0.1, 0.15) is 19.0 Å². The van der Waals surface area contributed by atoms with Crippen molar-refractivity contribution in [2.24, 2.45) is 0 Å². The second kappa shape index (κ2) is 8.13. The second-order valence-corrected chi connectivity index (χ2v) is 9.07. The molecule has 0 saturated carbocycles. The Bertz CT molecular complexity index is 1630. The summed E-state index contributed by atoms with van der Waals surface area (Å²) >= 11 is 0. The van der Waals surface area contributed by atoms with Crippen molar-refractivity contribution in [3.8, 4) is 17.1 Å². The highest BCUT2D eigenvalue weighted by molar-refractivity contribution is 5.95. The molecule has 1 atom stereocenters. The van der Waals surface area contributed by atoms with Crippen LogP contribution in [0, 0.1) is 5.41 Å². The van der Waals surface area contributed by atoms with Gasteiger partial charge in [-0.05, 0) is 35.7 Å². The minimum Gasteiger partial charge on any atom is -0.488 e. The van der Waals surface area contributed by atoms with E-state index in [0.29, 0.717) is 34.8 Å². The molecule has 180 valence electrons. The van der Waals surface area contributed by atoms with E-state index >= 15 is 0 Å². The number of rotatable bonds is 5. The number of hydrogen-bond acceptors (Lipinski definition) is 7. The summed E-state index contributed by atoms with van der Waals surface area (Å²) in [4.78, 5) is 30.8. The van der Waals surface area contributed by atoms with Crippen LogP contribution < -0.4 is 10.3 Å². The molecule has 4 heterocycles. The number of nitrogens with zero attached hydrogens (tertiary/aromatic N) is 2. The van der Waals surface area contributed by atoms with Gasteiger partial charge in [-0.1, -0.05) is 43.3 Å². The third-order valence-corrected chi connectivity index (χ3v) is 7.05. The molecule has 1 unspecified atom stereocenters. The molecule has 6 rings (SSSR count). The zero-order valence-electron chi connectivity index (χ0n) is 19.6. The first-order valence-electron chi connectivity index (χ1n) is 11.8. The molecule has 0 radical (unpaired) electrons. The Hall–Kier alpha value is -4.30. The molecule has 0 bridgehead atoms. The van der Waals surface area contributed by atoms with Gasteiger partial charge in [0.2, 0.25) is 0 Å². The van der Waals surface area contributed by atoms with Crippen LogP contribution >= 0.6 is 0 Å². The molecular weight excluding hydrogens is 458 g/mol. The third kappa shape index (κ3) is 3.18. The van der Waals surface area contributed by atoms with Gasteiger partial charge in [-0.3, -0.25) is 4.79 Å². The first-order valence-corrected chi connectivity index (χ1v) is 11.8. The Morgan fingerprint density at radius 3 is 2.72 bits per heavy atom. The molecule has 0 spiro atoms. The molecule has 2 N–H and O–H groups in total. The lowest BCUT2D eigenvalue weighted by atomic mass is 9.86. The first-order chi connectivity index (χ1) is 17.4. The Balaban J connectivity index is 1.57. The summed E-state index contributed by atoms with van der Waals surface area (Å²) in [6.45, 7) is 2.05. The summed E-state index contributed by atoms with van der Waals surface area (Å²) in [7, 11) is 0. The number of aromatic nitrogens is 2. The molecule has 8 nitrogen and oxygen atoms in total. The monoisotopic (exact) mass is 481 g/mol. The van der Waals surface area contributed by atoms with Crippen molar-refractivity contribution in [1.82, 2.24) is 9.55 Å². The third-order valence-electron chi connectivity index (χ3n) is 7.05. The molecule has 2 aromatic heterocycles. The average Bonchev–Trinajstić information content (AvgIpc) is 3.28. The van der Waals surface area contributed by atoms with Crippen LogP contribution in [0.25, 0.3) is 22.3 Å². The summed E-state index contributed by atoms with van der Waals surface area (Å²) in [6.07, 6.45) is 1.35. The number of esters is 1. The SMILES string of the molecule is CCC1(O)C(=O)OCc2c1cc1n(c2=O)Cc2c-1nc1ccc(C=N)cc1c2OCc1ccccc1. The summed E-state index contributed by atoms with van der Waals surface area (Å²) < 4.78 is 13.1. The fraction of sp³-hybridized carbons (Fsp3) is 0.214.